The predicted octanol–water partition coefficient (Wildman–Crippen LogP) is 4.08. The molecule has 0 radical (unpaired) electrons. The summed E-state index contributed by atoms with van der Waals surface area (Å²) in [6, 6.07) is 12.8. The third-order valence-electron chi connectivity index (χ3n) is 3.40. The Morgan fingerprint density at radius 1 is 1.19 bits per heavy atom. The molecule has 0 amide bonds. The Bertz CT molecular complexity index is 638. The summed E-state index contributed by atoms with van der Waals surface area (Å²) in [6.07, 6.45) is 0. The molecule has 1 unspecified atom stereocenters. The molecular formula is C16H18N2O3. The number of methoxy groups -OCH3 is 1. The molecule has 0 aromatic heterocycles. The highest BCUT2D eigenvalue weighted by Gasteiger charge is 2.14. The highest BCUT2D eigenvalue weighted by Crippen LogP contribution is 2.26. The average molecular weight is 286 g/mol. The molecule has 0 saturated carbocycles. The number of nitrogens with zero attached hydrogens (tertiary/aromatic N) is 1. The molecule has 0 heterocycles. The summed E-state index contributed by atoms with van der Waals surface area (Å²) in [5.74, 6) is 0.791. The van der Waals surface area contributed by atoms with E-state index in [1.165, 1.54) is 0 Å². The van der Waals surface area contributed by atoms with E-state index in [-0.39, 0.29) is 16.7 Å². The molecule has 1 N–H and O–H groups in total. The van der Waals surface area contributed by atoms with Gasteiger partial charge < -0.3 is 10.1 Å². The molecule has 1 atom stereocenters. The first-order chi connectivity index (χ1) is 10.0. The van der Waals surface area contributed by atoms with Crippen molar-refractivity contribution in [3.8, 4) is 5.75 Å². The molecule has 5 heteroatoms. The van der Waals surface area contributed by atoms with Crippen LogP contribution in [0.4, 0.5) is 11.4 Å². The number of benzene rings is 2. The van der Waals surface area contributed by atoms with Gasteiger partial charge in [0, 0.05) is 23.4 Å². The number of aryl methyl sites for hydroxylation is 1. The fourth-order valence-electron chi connectivity index (χ4n) is 2.11. The molecule has 0 bridgehead atoms. The van der Waals surface area contributed by atoms with E-state index >= 15 is 0 Å². The molecule has 0 saturated heterocycles. The lowest BCUT2D eigenvalue weighted by Crippen LogP contribution is -2.07. The molecular weight excluding hydrogens is 268 g/mol. The van der Waals surface area contributed by atoms with Crippen molar-refractivity contribution in [2.75, 3.05) is 12.4 Å². The van der Waals surface area contributed by atoms with E-state index in [0.29, 0.717) is 5.56 Å². The highest BCUT2D eigenvalue weighted by molar-refractivity contribution is 5.50. The van der Waals surface area contributed by atoms with Crippen molar-refractivity contribution in [2.24, 2.45) is 0 Å². The summed E-state index contributed by atoms with van der Waals surface area (Å²) in [6.45, 7) is 3.71. The monoisotopic (exact) mass is 286 g/mol. The number of hydrogen-bond donors (Lipinski definition) is 1. The number of rotatable bonds is 5. The van der Waals surface area contributed by atoms with Crippen LogP contribution >= 0.6 is 0 Å². The van der Waals surface area contributed by atoms with Gasteiger partial charge in [0.25, 0.3) is 5.69 Å². The summed E-state index contributed by atoms with van der Waals surface area (Å²) in [7, 11) is 1.62. The van der Waals surface area contributed by atoms with Crippen LogP contribution in [0.5, 0.6) is 5.75 Å². The van der Waals surface area contributed by atoms with Crippen LogP contribution < -0.4 is 10.1 Å². The second-order valence-electron chi connectivity index (χ2n) is 4.90. The van der Waals surface area contributed by atoms with Crippen molar-refractivity contribution in [1.82, 2.24) is 0 Å². The van der Waals surface area contributed by atoms with E-state index < -0.39 is 0 Å². The maximum Gasteiger partial charge on any atom is 0.272 e. The third-order valence-corrected chi connectivity index (χ3v) is 3.40. The Morgan fingerprint density at radius 3 is 2.43 bits per heavy atom. The minimum Gasteiger partial charge on any atom is -0.497 e. The van der Waals surface area contributed by atoms with E-state index in [2.05, 4.69) is 5.32 Å². The van der Waals surface area contributed by atoms with Gasteiger partial charge in [0.1, 0.15) is 5.75 Å². The van der Waals surface area contributed by atoms with E-state index in [1.54, 1.807) is 26.2 Å². The Hall–Kier alpha value is -2.56. The molecule has 0 aliphatic carbocycles. The van der Waals surface area contributed by atoms with E-state index in [1.807, 2.05) is 37.3 Å². The summed E-state index contributed by atoms with van der Waals surface area (Å²) < 4.78 is 5.11. The summed E-state index contributed by atoms with van der Waals surface area (Å²) in [5.41, 5.74) is 2.63. The minimum atomic E-state index is -0.348. The first kappa shape index (κ1) is 14.8. The summed E-state index contributed by atoms with van der Waals surface area (Å²) in [5, 5.41) is 14.3. The molecule has 5 nitrogen and oxygen atoms in total. The van der Waals surface area contributed by atoms with E-state index in [4.69, 9.17) is 4.74 Å². The van der Waals surface area contributed by atoms with Crippen LogP contribution in [0.3, 0.4) is 0 Å². The van der Waals surface area contributed by atoms with Gasteiger partial charge in [-0.05, 0) is 43.7 Å². The summed E-state index contributed by atoms with van der Waals surface area (Å²) in [4.78, 5) is 10.6. The van der Waals surface area contributed by atoms with Crippen molar-refractivity contribution >= 4 is 11.4 Å². The second kappa shape index (κ2) is 6.26. The zero-order valence-electron chi connectivity index (χ0n) is 12.3. The maximum atomic E-state index is 11.0. The zero-order chi connectivity index (χ0) is 15.4. The van der Waals surface area contributed by atoms with Crippen LogP contribution in [-0.2, 0) is 0 Å². The normalized spacial score (nSPS) is 11.8. The Kier molecular flexibility index (Phi) is 4.42. The fraction of sp³-hybridized carbons (Fsp3) is 0.250. The standard InChI is InChI=1S/C16H18N2O3/c1-11-4-5-13(10-16(11)18(19)20)12(2)17-14-6-8-15(21-3)9-7-14/h4-10,12,17H,1-3H3. The topological polar surface area (TPSA) is 64.4 Å². The van der Waals surface area contributed by atoms with Crippen LogP contribution in [0.15, 0.2) is 42.5 Å². The van der Waals surface area contributed by atoms with Gasteiger partial charge in [0.2, 0.25) is 0 Å². The lowest BCUT2D eigenvalue weighted by Gasteiger charge is -2.16. The van der Waals surface area contributed by atoms with Crippen LogP contribution in [-0.4, -0.2) is 12.0 Å². The van der Waals surface area contributed by atoms with Crippen molar-refractivity contribution in [3.63, 3.8) is 0 Å². The quantitative estimate of drug-likeness (QED) is 0.664. The molecule has 2 aromatic rings. The average Bonchev–Trinajstić information content (AvgIpc) is 2.48. The fourth-order valence-corrected chi connectivity index (χ4v) is 2.11. The second-order valence-corrected chi connectivity index (χ2v) is 4.90. The van der Waals surface area contributed by atoms with Crippen LogP contribution in [0, 0.1) is 17.0 Å². The molecule has 110 valence electrons. The van der Waals surface area contributed by atoms with Crippen LogP contribution in [0.1, 0.15) is 24.1 Å². The van der Waals surface area contributed by atoms with Gasteiger partial charge in [0.05, 0.1) is 12.0 Å². The van der Waals surface area contributed by atoms with Crippen molar-refractivity contribution in [2.45, 2.75) is 19.9 Å². The lowest BCUT2D eigenvalue weighted by atomic mass is 10.0. The van der Waals surface area contributed by atoms with Crippen molar-refractivity contribution in [3.05, 3.63) is 63.7 Å². The van der Waals surface area contributed by atoms with Crippen molar-refractivity contribution in [1.29, 1.82) is 0 Å². The Morgan fingerprint density at radius 2 is 1.86 bits per heavy atom. The largest absolute Gasteiger partial charge is 0.497 e. The van der Waals surface area contributed by atoms with Crippen LogP contribution in [0.25, 0.3) is 0 Å². The van der Waals surface area contributed by atoms with Crippen LogP contribution in [0.2, 0.25) is 0 Å². The molecule has 21 heavy (non-hydrogen) atoms. The smallest absolute Gasteiger partial charge is 0.272 e. The zero-order valence-corrected chi connectivity index (χ0v) is 12.3. The van der Waals surface area contributed by atoms with Gasteiger partial charge in [-0.15, -0.1) is 0 Å². The SMILES string of the molecule is COc1ccc(NC(C)c2ccc(C)c([N+](=O)[O-])c2)cc1. The van der Waals surface area contributed by atoms with Gasteiger partial charge in [-0.3, -0.25) is 10.1 Å². The molecule has 2 aromatic carbocycles. The molecule has 0 aliphatic rings. The number of nitro groups is 1. The minimum absolute atomic E-state index is 0.0299. The number of hydrogen-bond acceptors (Lipinski definition) is 4. The lowest BCUT2D eigenvalue weighted by molar-refractivity contribution is -0.385. The highest BCUT2D eigenvalue weighted by atomic mass is 16.6. The molecule has 0 aliphatic heterocycles. The van der Waals surface area contributed by atoms with Gasteiger partial charge >= 0.3 is 0 Å². The molecule has 0 spiro atoms. The summed E-state index contributed by atoms with van der Waals surface area (Å²) >= 11 is 0. The van der Waals surface area contributed by atoms with Gasteiger partial charge in [-0.1, -0.05) is 12.1 Å². The predicted molar refractivity (Wildman–Crippen MR) is 82.9 cm³/mol. The number of ether oxygens (including phenoxy) is 1. The van der Waals surface area contributed by atoms with E-state index in [0.717, 1.165) is 17.0 Å². The number of anilines is 1. The van der Waals surface area contributed by atoms with Gasteiger partial charge in [-0.2, -0.15) is 0 Å². The maximum absolute atomic E-state index is 11.0. The van der Waals surface area contributed by atoms with Crippen molar-refractivity contribution < 1.29 is 9.66 Å². The Labute approximate surface area is 123 Å². The Balaban J connectivity index is 2.17. The van der Waals surface area contributed by atoms with E-state index in [9.17, 15) is 10.1 Å². The first-order valence-corrected chi connectivity index (χ1v) is 6.67. The molecule has 2 rings (SSSR count). The van der Waals surface area contributed by atoms with Gasteiger partial charge in [-0.25, -0.2) is 0 Å². The number of nitro benzene ring substituents is 1. The van der Waals surface area contributed by atoms with Gasteiger partial charge in [0.15, 0.2) is 0 Å². The molecule has 0 fully saturated rings. The first-order valence-electron chi connectivity index (χ1n) is 6.67. The number of nitrogens with one attached hydrogen (secondary N) is 1. The third kappa shape index (κ3) is 3.51.